The smallest absolute Gasteiger partial charge is 0.426 e. The Labute approximate surface area is 97.0 Å². The first-order chi connectivity index (χ1) is 7.99. The Morgan fingerprint density at radius 3 is 2.47 bits per heavy atom. The van der Waals surface area contributed by atoms with E-state index in [1.54, 1.807) is 18.2 Å². The zero-order valence-corrected chi connectivity index (χ0v) is 9.07. The van der Waals surface area contributed by atoms with Crippen LogP contribution in [0.15, 0.2) is 24.3 Å². The fourth-order valence-electron chi connectivity index (χ4n) is 1.35. The van der Waals surface area contributed by atoms with Crippen molar-refractivity contribution < 1.29 is 23.0 Å². The van der Waals surface area contributed by atoms with Crippen LogP contribution in [0.1, 0.15) is 5.56 Å². The summed E-state index contributed by atoms with van der Waals surface area (Å²) in [7, 11) is 0. The van der Waals surface area contributed by atoms with Crippen LogP contribution in [0.3, 0.4) is 0 Å². The molecule has 0 spiro atoms. The molecule has 17 heavy (non-hydrogen) atoms. The molecule has 6 heteroatoms. The molecule has 0 amide bonds. The van der Waals surface area contributed by atoms with Crippen molar-refractivity contribution >= 4 is 0 Å². The van der Waals surface area contributed by atoms with Crippen LogP contribution in [0.2, 0.25) is 0 Å². The minimum absolute atomic E-state index is 0.106. The zero-order chi connectivity index (χ0) is 12.9. The number of nitrogens with two attached hydrogens (primary N) is 1. The molecule has 3 nitrogen and oxygen atoms in total. The summed E-state index contributed by atoms with van der Waals surface area (Å²) in [4.78, 5) is 0. The molecule has 0 aliphatic rings. The molecule has 1 aromatic rings. The number of hydrogen-bond acceptors (Lipinski definition) is 3. The van der Waals surface area contributed by atoms with E-state index in [1.807, 2.05) is 0 Å². The minimum Gasteiger partial charge on any atom is -0.479 e. The second-order valence-electron chi connectivity index (χ2n) is 3.47. The lowest BCUT2D eigenvalue weighted by molar-refractivity contribution is -0.191. The number of alkyl halides is 3. The normalized spacial score (nSPS) is 13.5. The summed E-state index contributed by atoms with van der Waals surface area (Å²) in [6, 6.07) is 6.28. The van der Waals surface area contributed by atoms with Crippen molar-refractivity contribution in [2.24, 2.45) is 5.73 Å². The summed E-state index contributed by atoms with van der Waals surface area (Å²) in [5.74, 6) is 0.106. The third kappa shape index (κ3) is 3.90. The van der Waals surface area contributed by atoms with Crippen molar-refractivity contribution in [3.63, 3.8) is 0 Å². The molecule has 0 radical (unpaired) electrons. The van der Waals surface area contributed by atoms with Gasteiger partial charge < -0.3 is 15.6 Å². The van der Waals surface area contributed by atoms with E-state index in [9.17, 15) is 13.2 Å². The van der Waals surface area contributed by atoms with Crippen LogP contribution in [0.25, 0.3) is 0 Å². The maximum Gasteiger partial charge on any atom is 0.426 e. The SMILES string of the molecule is NCC(Oc1ccccc1CCO)C(F)(F)F. The van der Waals surface area contributed by atoms with Crippen LogP contribution < -0.4 is 10.5 Å². The van der Waals surface area contributed by atoms with E-state index in [-0.39, 0.29) is 18.8 Å². The first-order valence-electron chi connectivity index (χ1n) is 5.11. The Hall–Kier alpha value is -1.27. The molecule has 0 aliphatic carbocycles. The van der Waals surface area contributed by atoms with Gasteiger partial charge in [0.25, 0.3) is 0 Å². The number of halogens is 3. The van der Waals surface area contributed by atoms with Crippen molar-refractivity contribution in [3.8, 4) is 5.75 Å². The molecule has 0 heterocycles. The maximum absolute atomic E-state index is 12.5. The van der Waals surface area contributed by atoms with E-state index < -0.39 is 18.8 Å². The number of hydrogen-bond donors (Lipinski definition) is 2. The minimum atomic E-state index is -4.50. The topological polar surface area (TPSA) is 55.5 Å². The highest BCUT2D eigenvalue weighted by molar-refractivity contribution is 5.33. The lowest BCUT2D eigenvalue weighted by Crippen LogP contribution is -2.40. The van der Waals surface area contributed by atoms with Gasteiger partial charge in [0.1, 0.15) is 5.75 Å². The Kier molecular flexibility index (Phi) is 4.77. The van der Waals surface area contributed by atoms with Crippen LogP contribution >= 0.6 is 0 Å². The lowest BCUT2D eigenvalue weighted by atomic mass is 10.1. The van der Waals surface area contributed by atoms with Gasteiger partial charge in [-0.1, -0.05) is 18.2 Å². The first-order valence-corrected chi connectivity index (χ1v) is 5.11. The zero-order valence-electron chi connectivity index (χ0n) is 9.07. The molecule has 0 saturated heterocycles. The third-order valence-electron chi connectivity index (χ3n) is 2.20. The molecule has 0 aromatic heterocycles. The van der Waals surface area contributed by atoms with Crippen LogP contribution in [-0.2, 0) is 6.42 Å². The van der Waals surface area contributed by atoms with E-state index in [4.69, 9.17) is 15.6 Å². The molecule has 0 bridgehead atoms. The van der Waals surface area contributed by atoms with Gasteiger partial charge in [0, 0.05) is 13.2 Å². The van der Waals surface area contributed by atoms with Gasteiger partial charge in [-0.25, -0.2) is 0 Å². The second kappa shape index (κ2) is 5.88. The number of benzene rings is 1. The van der Waals surface area contributed by atoms with Gasteiger partial charge in [0.2, 0.25) is 6.10 Å². The predicted octanol–water partition coefficient (Wildman–Crippen LogP) is 1.49. The van der Waals surface area contributed by atoms with Gasteiger partial charge in [-0.2, -0.15) is 13.2 Å². The summed E-state index contributed by atoms with van der Waals surface area (Å²) in [5, 5.41) is 8.79. The van der Waals surface area contributed by atoms with Crippen LogP contribution in [0.4, 0.5) is 13.2 Å². The quantitative estimate of drug-likeness (QED) is 0.831. The number of para-hydroxylation sites is 1. The van der Waals surface area contributed by atoms with E-state index >= 15 is 0 Å². The lowest BCUT2D eigenvalue weighted by Gasteiger charge is -2.21. The highest BCUT2D eigenvalue weighted by Gasteiger charge is 2.41. The summed E-state index contributed by atoms with van der Waals surface area (Å²) in [6.45, 7) is -0.795. The van der Waals surface area contributed by atoms with E-state index in [0.29, 0.717) is 5.56 Å². The number of rotatable bonds is 5. The third-order valence-corrected chi connectivity index (χ3v) is 2.20. The number of aliphatic hydroxyl groups is 1. The van der Waals surface area contributed by atoms with E-state index in [0.717, 1.165) is 0 Å². The van der Waals surface area contributed by atoms with Gasteiger partial charge in [-0.05, 0) is 18.1 Å². The predicted molar refractivity (Wildman–Crippen MR) is 56.8 cm³/mol. The molecule has 0 aliphatic heterocycles. The fourth-order valence-corrected chi connectivity index (χ4v) is 1.35. The van der Waals surface area contributed by atoms with Gasteiger partial charge in [-0.3, -0.25) is 0 Å². The summed E-state index contributed by atoms with van der Waals surface area (Å²) in [6.07, 6.45) is -6.28. The maximum atomic E-state index is 12.5. The Balaban J connectivity index is 2.86. The Morgan fingerprint density at radius 1 is 1.29 bits per heavy atom. The summed E-state index contributed by atoms with van der Waals surface area (Å²) in [5.41, 5.74) is 5.56. The average molecular weight is 249 g/mol. The van der Waals surface area contributed by atoms with Crippen LogP contribution in [0.5, 0.6) is 5.75 Å². The van der Waals surface area contributed by atoms with Crippen molar-refractivity contribution in [1.29, 1.82) is 0 Å². The molecule has 1 atom stereocenters. The molecule has 0 saturated carbocycles. The molecule has 1 aromatic carbocycles. The molecule has 1 rings (SSSR count). The van der Waals surface area contributed by atoms with Crippen molar-refractivity contribution in [3.05, 3.63) is 29.8 Å². The summed E-state index contributed by atoms with van der Waals surface area (Å²) < 4.78 is 42.3. The van der Waals surface area contributed by atoms with Gasteiger partial charge in [0.15, 0.2) is 0 Å². The van der Waals surface area contributed by atoms with Gasteiger partial charge in [-0.15, -0.1) is 0 Å². The molecule has 96 valence electrons. The Morgan fingerprint density at radius 2 is 1.94 bits per heavy atom. The van der Waals surface area contributed by atoms with Gasteiger partial charge in [0.05, 0.1) is 0 Å². The summed E-state index contributed by atoms with van der Waals surface area (Å²) >= 11 is 0. The average Bonchev–Trinajstić information content (AvgIpc) is 2.26. The van der Waals surface area contributed by atoms with Crippen molar-refractivity contribution in [1.82, 2.24) is 0 Å². The fraction of sp³-hybridized carbons (Fsp3) is 0.455. The van der Waals surface area contributed by atoms with E-state index in [1.165, 1.54) is 6.07 Å². The monoisotopic (exact) mass is 249 g/mol. The number of ether oxygens (including phenoxy) is 1. The Bertz CT molecular complexity index is 355. The largest absolute Gasteiger partial charge is 0.479 e. The molecule has 0 fully saturated rings. The van der Waals surface area contributed by atoms with Gasteiger partial charge >= 0.3 is 6.18 Å². The molecule has 1 unspecified atom stereocenters. The van der Waals surface area contributed by atoms with Crippen molar-refractivity contribution in [2.45, 2.75) is 18.7 Å². The standard InChI is InChI=1S/C11H14F3NO2/c12-11(13,14)10(7-15)17-9-4-2-1-3-8(9)5-6-16/h1-4,10,16H,5-7,15H2. The van der Waals surface area contributed by atoms with Crippen molar-refractivity contribution in [2.75, 3.05) is 13.2 Å². The molecular formula is C11H14F3NO2. The van der Waals surface area contributed by atoms with E-state index in [2.05, 4.69) is 0 Å². The number of aliphatic hydroxyl groups excluding tert-OH is 1. The second-order valence-corrected chi connectivity index (χ2v) is 3.47. The first kappa shape index (κ1) is 13.8. The van der Waals surface area contributed by atoms with Crippen LogP contribution in [0, 0.1) is 0 Å². The highest BCUT2D eigenvalue weighted by Crippen LogP contribution is 2.27. The van der Waals surface area contributed by atoms with Crippen LogP contribution in [-0.4, -0.2) is 30.5 Å². The molecule has 3 N–H and O–H groups in total. The highest BCUT2D eigenvalue weighted by atomic mass is 19.4. The molecular weight excluding hydrogens is 235 g/mol.